The highest BCUT2D eigenvalue weighted by molar-refractivity contribution is 5.32. The normalized spacial score (nSPS) is 13.0. The molecule has 18 heavy (non-hydrogen) atoms. The first-order chi connectivity index (χ1) is 8.50. The first kappa shape index (κ1) is 15.1. The Kier molecular flexibility index (Phi) is 6.22. The zero-order chi connectivity index (χ0) is 13.5. The Morgan fingerprint density at radius 1 is 1.28 bits per heavy atom. The summed E-state index contributed by atoms with van der Waals surface area (Å²) in [7, 11) is 0. The van der Waals surface area contributed by atoms with Crippen LogP contribution >= 0.6 is 0 Å². The summed E-state index contributed by atoms with van der Waals surface area (Å²) in [6, 6.07) is 6.51. The number of benzene rings is 1. The summed E-state index contributed by atoms with van der Waals surface area (Å²) in [5.74, 6) is 0. The molecule has 0 heterocycles. The van der Waals surface area contributed by atoms with Crippen molar-refractivity contribution in [2.75, 3.05) is 19.8 Å². The fraction of sp³-hybridized carbons (Fsp3) is 0.571. The minimum Gasteiger partial charge on any atom is -0.374 e. The molecule has 0 aromatic heterocycles. The molecule has 0 spiro atoms. The standard InChI is InChI=1S/C14H21F2NO/c1-10-4-5-13(11(2)8-10)12(3)17-6-7-18-9-14(15)16/h4-5,8,12,14,17H,6-7,9H2,1-3H3. The molecule has 1 N–H and O–H groups in total. The topological polar surface area (TPSA) is 21.3 Å². The van der Waals surface area contributed by atoms with E-state index in [1.807, 2.05) is 0 Å². The van der Waals surface area contributed by atoms with Crippen LogP contribution in [0.4, 0.5) is 8.78 Å². The first-order valence-corrected chi connectivity index (χ1v) is 6.17. The molecule has 0 aliphatic carbocycles. The zero-order valence-corrected chi connectivity index (χ0v) is 11.2. The number of hydrogen-bond acceptors (Lipinski definition) is 2. The van der Waals surface area contributed by atoms with Crippen molar-refractivity contribution in [3.8, 4) is 0 Å². The Bertz CT molecular complexity index is 369. The van der Waals surface area contributed by atoms with Gasteiger partial charge in [0.05, 0.1) is 6.61 Å². The molecule has 102 valence electrons. The quantitative estimate of drug-likeness (QED) is 0.757. The molecular formula is C14H21F2NO. The van der Waals surface area contributed by atoms with E-state index < -0.39 is 13.0 Å². The molecule has 4 heteroatoms. The van der Waals surface area contributed by atoms with Crippen LogP contribution in [-0.4, -0.2) is 26.2 Å². The second-order valence-corrected chi connectivity index (χ2v) is 4.50. The lowest BCUT2D eigenvalue weighted by Gasteiger charge is -2.17. The summed E-state index contributed by atoms with van der Waals surface area (Å²) < 4.78 is 28.5. The Hall–Kier alpha value is -1.00. The van der Waals surface area contributed by atoms with E-state index in [0.717, 1.165) is 0 Å². The number of halogens is 2. The molecule has 0 aliphatic rings. The number of nitrogens with one attached hydrogen (secondary N) is 1. The van der Waals surface area contributed by atoms with Crippen LogP contribution in [0, 0.1) is 13.8 Å². The van der Waals surface area contributed by atoms with Gasteiger partial charge in [0.25, 0.3) is 6.43 Å². The monoisotopic (exact) mass is 257 g/mol. The van der Waals surface area contributed by atoms with Crippen molar-refractivity contribution >= 4 is 0 Å². The van der Waals surface area contributed by atoms with Gasteiger partial charge in [-0.1, -0.05) is 23.8 Å². The lowest BCUT2D eigenvalue weighted by Crippen LogP contribution is -2.24. The highest BCUT2D eigenvalue weighted by Crippen LogP contribution is 2.18. The molecule has 1 aromatic carbocycles. The van der Waals surface area contributed by atoms with E-state index in [1.54, 1.807) is 0 Å². The first-order valence-electron chi connectivity index (χ1n) is 6.17. The van der Waals surface area contributed by atoms with Crippen LogP contribution < -0.4 is 5.32 Å². The lowest BCUT2D eigenvalue weighted by molar-refractivity contribution is 0.0183. The summed E-state index contributed by atoms with van der Waals surface area (Å²) in [6.45, 7) is 6.59. The van der Waals surface area contributed by atoms with Gasteiger partial charge in [0.15, 0.2) is 0 Å². The lowest BCUT2D eigenvalue weighted by atomic mass is 10.0. The van der Waals surface area contributed by atoms with Crippen LogP contribution in [0.15, 0.2) is 18.2 Å². The van der Waals surface area contributed by atoms with E-state index in [1.165, 1.54) is 16.7 Å². The average molecular weight is 257 g/mol. The van der Waals surface area contributed by atoms with Crippen molar-refractivity contribution in [3.63, 3.8) is 0 Å². The van der Waals surface area contributed by atoms with Gasteiger partial charge in [-0.15, -0.1) is 0 Å². The minimum atomic E-state index is -2.39. The highest BCUT2D eigenvalue weighted by atomic mass is 19.3. The molecule has 0 amide bonds. The highest BCUT2D eigenvalue weighted by Gasteiger charge is 2.07. The number of alkyl halides is 2. The summed E-state index contributed by atoms with van der Waals surface area (Å²) in [6.07, 6.45) is -2.39. The Morgan fingerprint density at radius 2 is 2.00 bits per heavy atom. The van der Waals surface area contributed by atoms with Gasteiger partial charge < -0.3 is 10.1 Å². The van der Waals surface area contributed by atoms with Crippen LogP contribution in [0.2, 0.25) is 0 Å². The maximum Gasteiger partial charge on any atom is 0.261 e. The third kappa shape index (κ3) is 5.10. The van der Waals surface area contributed by atoms with Gasteiger partial charge in [-0.25, -0.2) is 8.78 Å². The minimum absolute atomic E-state index is 0.195. The van der Waals surface area contributed by atoms with Gasteiger partial charge in [-0.2, -0.15) is 0 Å². The van der Waals surface area contributed by atoms with Gasteiger partial charge in [0, 0.05) is 12.6 Å². The third-order valence-electron chi connectivity index (χ3n) is 2.83. The summed E-state index contributed by atoms with van der Waals surface area (Å²) in [4.78, 5) is 0. The SMILES string of the molecule is Cc1ccc(C(C)NCCOCC(F)F)c(C)c1. The average Bonchev–Trinajstić information content (AvgIpc) is 2.27. The Morgan fingerprint density at radius 3 is 2.61 bits per heavy atom. The summed E-state index contributed by atoms with van der Waals surface area (Å²) in [5, 5.41) is 3.26. The molecule has 0 saturated heterocycles. The third-order valence-corrected chi connectivity index (χ3v) is 2.83. The largest absolute Gasteiger partial charge is 0.374 e. The van der Waals surface area contributed by atoms with Gasteiger partial charge in [0.1, 0.15) is 6.61 Å². The maximum absolute atomic E-state index is 11.8. The molecular weight excluding hydrogens is 236 g/mol. The second kappa shape index (κ2) is 7.44. The molecule has 1 atom stereocenters. The van der Waals surface area contributed by atoms with Crippen molar-refractivity contribution < 1.29 is 13.5 Å². The van der Waals surface area contributed by atoms with Crippen LogP contribution in [0.25, 0.3) is 0 Å². The van der Waals surface area contributed by atoms with Crippen molar-refractivity contribution in [2.24, 2.45) is 0 Å². The van der Waals surface area contributed by atoms with Crippen LogP contribution in [0.5, 0.6) is 0 Å². The number of rotatable bonds is 7. The van der Waals surface area contributed by atoms with E-state index in [0.29, 0.717) is 13.2 Å². The Balaban J connectivity index is 2.34. The van der Waals surface area contributed by atoms with Gasteiger partial charge >= 0.3 is 0 Å². The van der Waals surface area contributed by atoms with Gasteiger partial charge in [-0.3, -0.25) is 0 Å². The maximum atomic E-state index is 11.8. The zero-order valence-electron chi connectivity index (χ0n) is 11.2. The molecule has 0 radical (unpaired) electrons. The number of aryl methyl sites for hydroxylation is 2. The molecule has 2 nitrogen and oxygen atoms in total. The molecule has 1 unspecified atom stereocenters. The van der Waals surface area contributed by atoms with Crippen LogP contribution in [-0.2, 0) is 4.74 Å². The van der Waals surface area contributed by atoms with Crippen molar-refractivity contribution in [1.29, 1.82) is 0 Å². The fourth-order valence-electron chi connectivity index (χ4n) is 1.94. The number of hydrogen-bond donors (Lipinski definition) is 1. The van der Waals surface area contributed by atoms with Gasteiger partial charge in [0.2, 0.25) is 0 Å². The van der Waals surface area contributed by atoms with Crippen LogP contribution in [0.1, 0.15) is 29.7 Å². The summed E-state index contributed by atoms with van der Waals surface area (Å²) in [5.41, 5.74) is 3.71. The van der Waals surface area contributed by atoms with E-state index >= 15 is 0 Å². The van der Waals surface area contributed by atoms with Crippen LogP contribution in [0.3, 0.4) is 0 Å². The van der Waals surface area contributed by atoms with Crippen molar-refractivity contribution in [3.05, 3.63) is 34.9 Å². The van der Waals surface area contributed by atoms with Crippen molar-refractivity contribution in [1.82, 2.24) is 5.32 Å². The van der Waals surface area contributed by atoms with E-state index in [2.05, 4.69) is 44.3 Å². The second-order valence-electron chi connectivity index (χ2n) is 4.50. The van der Waals surface area contributed by atoms with Crippen molar-refractivity contribution in [2.45, 2.75) is 33.2 Å². The molecule has 0 bridgehead atoms. The molecule has 1 aromatic rings. The predicted molar refractivity (Wildman–Crippen MR) is 69.2 cm³/mol. The number of ether oxygens (including phenoxy) is 1. The molecule has 1 rings (SSSR count). The Labute approximate surface area is 107 Å². The molecule has 0 fully saturated rings. The van der Waals surface area contributed by atoms with E-state index in [4.69, 9.17) is 4.74 Å². The van der Waals surface area contributed by atoms with Gasteiger partial charge in [-0.05, 0) is 31.9 Å². The molecule has 0 saturated carbocycles. The van der Waals surface area contributed by atoms with E-state index in [-0.39, 0.29) is 6.04 Å². The fourth-order valence-corrected chi connectivity index (χ4v) is 1.94. The predicted octanol–water partition coefficient (Wildman–Crippen LogP) is 3.24. The van der Waals surface area contributed by atoms with E-state index in [9.17, 15) is 8.78 Å². The smallest absolute Gasteiger partial charge is 0.261 e. The summed E-state index contributed by atoms with van der Waals surface area (Å²) >= 11 is 0. The molecule has 0 aliphatic heterocycles.